The lowest BCUT2D eigenvalue weighted by Crippen LogP contribution is -2.34. The molecule has 1 N–H and O–H groups in total. The fourth-order valence-electron chi connectivity index (χ4n) is 2.07. The maximum absolute atomic E-state index is 12.2. The molecule has 0 radical (unpaired) electrons. The van der Waals surface area contributed by atoms with Crippen LogP contribution in [0.2, 0.25) is 0 Å². The molecule has 0 fully saturated rings. The molecule has 0 unspecified atom stereocenters. The number of hydrogen-bond acceptors (Lipinski definition) is 4. The summed E-state index contributed by atoms with van der Waals surface area (Å²) in [6.45, 7) is 2.21. The van der Waals surface area contributed by atoms with Gasteiger partial charge in [0, 0.05) is 17.0 Å². The van der Waals surface area contributed by atoms with Crippen molar-refractivity contribution < 1.29 is 0 Å². The van der Waals surface area contributed by atoms with Gasteiger partial charge in [0.25, 0.3) is 5.56 Å². The fourth-order valence-corrected chi connectivity index (χ4v) is 2.78. The average Bonchev–Trinajstić information content (AvgIpc) is 2.86. The predicted molar refractivity (Wildman–Crippen MR) is 67.3 cm³/mol. The molecule has 0 bridgehead atoms. The predicted octanol–water partition coefficient (Wildman–Crippen LogP) is 0.999. The van der Waals surface area contributed by atoms with Crippen LogP contribution in [0.3, 0.4) is 0 Å². The van der Waals surface area contributed by atoms with Gasteiger partial charge < -0.3 is 5.32 Å². The molecule has 0 amide bonds. The number of aromatic nitrogens is 2. The third-order valence-corrected chi connectivity index (χ3v) is 3.83. The Balaban J connectivity index is 1.98. The van der Waals surface area contributed by atoms with Gasteiger partial charge in [-0.25, -0.2) is 4.98 Å². The summed E-state index contributed by atoms with van der Waals surface area (Å²) in [5.41, 5.74) is 1.90. The molecule has 3 rings (SSSR count). The Bertz CT molecular complexity index is 574. The zero-order valence-corrected chi connectivity index (χ0v) is 10.2. The highest BCUT2D eigenvalue weighted by Gasteiger charge is 2.15. The third-order valence-electron chi connectivity index (χ3n) is 2.97. The Morgan fingerprint density at radius 3 is 3.29 bits per heavy atom. The number of rotatable bonds is 2. The van der Waals surface area contributed by atoms with E-state index in [0.717, 1.165) is 24.2 Å². The van der Waals surface area contributed by atoms with Crippen LogP contribution in [0.15, 0.2) is 28.6 Å². The highest BCUT2D eigenvalue weighted by molar-refractivity contribution is 7.09. The molecule has 0 saturated heterocycles. The maximum atomic E-state index is 12.2. The highest BCUT2D eigenvalue weighted by Crippen LogP contribution is 2.10. The Morgan fingerprint density at radius 1 is 1.53 bits per heavy atom. The molecule has 5 heteroatoms. The summed E-state index contributed by atoms with van der Waals surface area (Å²) in [5.74, 6) is 0. The molecule has 1 aliphatic heterocycles. The summed E-state index contributed by atoms with van der Waals surface area (Å²) >= 11 is 1.66. The van der Waals surface area contributed by atoms with E-state index >= 15 is 0 Å². The van der Waals surface area contributed by atoms with Crippen molar-refractivity contribution >= 4 is 11.3 Å². The Hall–Kier alpha value is -1.46. The minimum atomic E-state index is 0.116. The zero-order valence-electron chi connectivity index (χ0n) is 9.35. The van der Waals surface area contributed by atoms with Crippen molar-refractivity contribution in [3.8, 4) is 0 Å². The van der Waals surface area contributed by atoms with E-state index in [9.17, 15) is 4.79 Å². The van der Waals surface area contributed by atoms with E-state index in [1.807, 2.05) is 17.5 Å². The van der Waals surface area contributed by atoms with Crippen molar-refractivity contribution in [1.82, 2.24) is 14.9 Å². The van der Waals surface area contributed by atoms with E-state index in [1.165, 1.54) is 4.88 Å². The first-order chi connectivity index (χ1) is 8.34. The van der Waals surface area contributed by atoms with Gasteiger partial charge in [-0.15, -0.1) is 11.3 Å². The molecular weight excluding hydrogens is 234 g/mol. The lowest BCUT2D eigenvalue weighted by Gasteiger charge is -2.16. The van der Waals surface area contributed by atoms with Gasteiger partial charge in [-0.3, -0.25) is 9.36 Å². The van der Waals surface area contributed by atoms with E-state index in [0.29, 0.717) is 13.1 Å². The minimum Gasteiger partial charge on any atom is -0.311 e. The molecule has 0 aromatic carbocycles. The summed E-state index contributed by atoms with van der Waals surface area (Å²) < 4.78 is 1.70. The largest absolute Gasteiger partial charge is 0.311 e. The molecule has 4 nitrogen and oxygen atoms in total. The molecule has 1 aliphatic rings. The quantitative estimate of drug-likeness (QED) is 0.861. The lowest BCUT2D eigenvalue weighted by molar-refractivity contribution is 0.597. The molecule has 2 aromatic heterocycles. The topological polar surface area (TPSA) is 46.9 Å². The third kappa shape index (κ3) is 2.03. The SMILES string of the molecule is O=c1c2c(ncn1Cc1cccs1)CNCC2. The van der Waals surface area contributed by atoms with Gasteiger partial charge in [0.15, 0.2) is 0 Å². The highest BCUT2D eigenvalue weighted by atomic mass is 32.1. The number of nitrogens with one attached hydrogen (secondary N) is 1. The zero-order chi connectivity index (χ0) is 11.7. The van der Waals surface area contributed by atoms with Crippen molar-refractivity contribution in [2.75, 3.05) is 6.54 Å². The summed E-state index contributed by atoms with van der Waals surface area (Å²) in [4.78, 5) is 17.8. The van der Waals surface area contributed by atoms with Gasteiger partial charge >= 0.3 is 0 Å². The standard InChI is InChI=1S/C12H13N3OS/c16-12-10-3-4-13-6-11(10)14-8-15(12)7-9-2-1-5-17-9/h1-2,5,8,13H,3-4,6-7H2. The van der Waals surface area contributed by atoms with Gasteiger partial charge in [-0.1, -0.05) is 6.07 Å². The molecule has 0 spiro atoms. The number of hydrogen-bond donors (Lipinski definition) is 1. The fraction of sp³-hybridized carbons (Fsp3) is 0.333. The van der Waals surface area contributed by atoms with E-state index in [2.05, 4.69) is 10.3 Å². The first-order valence-electron chi connectivity index (χ1n) is 5.65. The van der Waals surface area contributed by atoms with Gasteiger partial charge in [-0.05, 0) is 24.4 Å². The molecule has 0 saturated carbocycles. The lowest BCUT2D eigenvalue weighted by atomic mass is 10.1. The van der Waals surface area contributed by atoms with Crippen LogP contribution in [0.4, 0.5) is 0 Å². The van der Waals surface area contributed by atoms with Crippen LogP contribution in [0.1, 0.15) is 16.1 Å². The van der Waals surface area contributed by atoms with Gasteiger partial charge in [0.05, 0.1) is 18.6 Å². The van der Waals surface area contributed by atoms with Crippen LogP contribution in [-0.4, -0.2) is 16.1 Å². The Morgan fingerprint density at radius 2 is 2.47 bits per heavy atom. The number of thiophene rings is 1. The molecule has 88 valence electrons. The molecule has 2 aromatic rings. The Labute approximate surface area is 103 Å². The molecular formula is C12H13N3OS. The molecule has 3 heterocycles. The average molecular weight is 247 g/mol. The Kier molecular flexibility index (Phi) is 2.78. The van der Waals surface area contributed by atoms with Crippen LogP contribution >= 0.6 is 11.3 Å². The second-order valence-corrected chi connectivity index (χ2v) is 5.14. The van der Waals surface area contributed by atoms with Crippen molar-refractivity contribution in [2.24, 2.45) is 0 Å². The van der Waals surface area contributed by atoms with Crippen molar-refractivity contribution in [1.29, 1.82) is 0 Å². The molecule has 0 atom stereocenters. The van der Waals surface area contributed by atoms with E-state index in [-0.39, 0.29) is 5.56 Å². The molecule has 0 aliphatic carbocycles. The summed E-state index contributed by atoms with van der Waals surface area (Å²) in [7, 11) is 0. The number of nitrogens with zero attached hydrogens (tertiary/aromatic N) is 2. The van der Waals surface area contributed by atoms with Crippen LogP contribution in [-0.2, 0) is 19.5 Å². The first-order valence-corrected chi connectivity index (χ1v) is 6.53. The second kappa shape index (κ2) is 4.43. The van der Waals surface area contributed by atoms with Crippen LogP contribution in [0.5, 0.6) is 0 Å². The van der Waals surface area contributed by atoms with Crippen molar-refractivity contribution in [3.05, 3.63) is 50.3 Å². The van der Waals surface area contributed by atoms with Crippen molar-refractivity contribution in [2.45, 2.75) is 19.5 Å². The summed E-state index contributed by atoms with van der Waals surface area (Å²) in [6, 6.07) is 4.04. The number of fused-ring (bicyclic) bond motifs is 1. The van der Waals surface area contributed by atoms with Gasteiger partial charge in [0.2, 0.25) is 0 Å². The van der Waals surface area contributed by atoms with E-state index in [1.54, 1.807) is 22.2 Å². The van der Waals surface area contributed by atoms with Crippen LogP contribution in [0.25, 0.3) is 0 Å². The summed E-state index contributed by atoms with van der Waals surface area (Å²) in [6.07, 6.45) is 2.44. The monoisotopic (exact) mass is 247 g/mol. The van der Waals surface area contributed by atoms with Gasteiger partial charge in [0.1, 0.15) is 0 Å². The minimum absolute atomic E-state index is 0.116. The maximum Gasteiger partial charge on any atom is 0.257 e. The smallest absolute Gasteiger partial charge is 0.257 e. The normalized spacial score (nSPS) is 14.6. The van der Waals surface area contributed by atoms with Crippen LogP contribution in [0, 0.1) is 0 Å². The van der Waals surface area contributed by atoms with Crippen LogP contribution < -0.4 is 10.9 Å². The summed E-state index contributed by atoms with van der Waals surface area (Å²) in [5, 5.41) is 5.25. The van der Waals surface area contributed by atoms with E-state index < -0.39 is 0 Å². The second-order valence-electron chi connectivity index (χ2n) is 4.11. The first kappa shape index (κ1) is 10.7. The van der Waals surface area contributed by atoms with Crippen molar-refractivity contribution in [3.63, 3.8) is 0 Å². The van der Waals surface area contributed by atoms with Gasteiger partial charge in [-0.2, -0.15) is 0 Å². The molecule has 17 heavy (non-hydrogen) atoms. The van der Waals surface area contributed by atoms with E-state index in [4.69, 9.17) is 0 Å².